The summed E-state index contributed by atoms with van der Waals surface area (Å²) in [5.74, 6) is 1.25. The van der Waals surface area contributed by atoms with E-state index in [1.54, 1.807) is 6.20 Å². The van der Waals surface area contributed by atoms with E-state index >= 15 is 0 Å². The number of pyridine rings is 1. The summed E-state index contributed by atoms with van der Waals surface area (Å²) in [6, 6.07) is 21.8. The van der Waals surface area contributed by atoms with Gasteiger partial charge in [-0.05, 0) is 30.3 Å². The second kappa shape index (κ2) is 6.37. The molecule has 2 heterocycles. The molecule has 2 aromatic carbocycles. The molecule has 0 aliphatic heterocycles. The van der Waals surface area contributed by atoms with E-state index in [4.69, 9.17) is 4.98 Å². The van der Waals surface area contributed by atoms with Gasteiger partial charge < -0.3 is 5.32 Å². The third kappa shape index (κ3) is 2.98. The lowest BCUT2D eigenvalue weighted by atomic mass is 10.1. The van der Waals surface area contributed by atoms with Crippen molar-refractivity contribution in [2.24, 2.45) is 0 Å². The van der Waals surface area contributed by atoms with E-state index in [9.17, 15) is 0 Å². The van der Waals surface area contributed by atoms with Crippen LogP contribution in [0.4, 0.5) is 11.8 Å². The Morgan fingerprint density at radius 1 is 0.833 bits per heavy atom. The third-order valence-corrected chi connectivity index (χ3v) is 4.10. The van der Waals surface area contributed by atoms with Crippen molar-refractivity contribution in [2.45, 2.75) is 0 Å². The number of hydrogen-bond acceptors (Lipinski definition) is 4. The molecule has 0 aliphatic carbocycles. The first kappa shape index (κ1) is 14.8. The minimum atomic E-state index is 0.530. The largest absolute Gasteiger partial charge is 0.309 e. The summed E-state index contributed by atoms with van der Waals surface area (Å²) in [6.45, 7) is 0. The fourth-order valence-electron chi connectivity index (χ4n) is 2.52. The van der Waals surface area contributed by atoms with Gasteiger partial charge in [-0.25, -0.2) is 15.0 Å². The molecule has 0 amide bonds. The van der Waals surface area contributed by atoms with E-state index in [-0.39, 0.29) is 0 Å². The Balaban J connectivity index is 1.89. The van der Waals surface area contributed by atoms with Crippen molar-refractivity contribution in [2.75, 3.05) is 5.32 Å². The van der Waals surface area contributed by atoms with Crippen LogP contribution in [0.1, 0.15) is 0 Å². The van der Waals surface area contributed by atoms with Gasteiger partial charge in [0.05, 0.1) is 11.2 Å². The average molecular weight is 377 g/mol. The summed E-state index contributed by atoms with van der Waals surface area (Å²) < 4.78 is 1.00. The summed E-state index contributed by atoms with van der Waals surface area (Å²) in [5.41, 5.74) is 2.82. The van der Waals surface area contributed by atoms with Crippen LogP contribution in [0, 0.1) is 0 Å². The summed E-state index contributed by atoms with van der Waals surface area (Å²) >= 11 is 3.53. The Labute approximate surface area is 147 Å². The molecule has 2 aromatic heterocycles. The topological polar surface area (TPSA) is 50.7 Å². The second-order valence-electron chi connectivity index (χ2n) is 5.26. The van der Waals surface area contributed by atoms with Crippen LogP contribution >= 0.6 is 15.9 Å². The number of nitrogens with zero attached hydrogens (tertiary/aromatic N) is 3. The highest BCUT2D eigenvalue weighted by Crippen LogP contribution is 2.29. The molecular weight excluding hydrogens is 364 g/mol. The molecule has 1 N–H and O–H groups in total. The highest BCUT2D eigenvalue weighted by atomic mass is 79.9. The minimum absolute atomic E-state index is 0.530. The highest BCUT2D eigenvalue weighted by Gasteiger charge is 2.10. The Bertz CT molecular complexity index is 988. The van der Waals surface area contributed by atoms with Crippen LogP contribution in [-0.2, 0) is 0 Å². The zero-order valence-corrected chi connectivity index (χ0v) is 14.2. The van der Waals surface area contributed by atoms with Crippen molar-refractivity contribution in [3.05, 3.63) is 77.4 Å². The molecule has 0 aliphatic rings. The number of anilines is 2. The van der Waals surface area contributed by atoms with Crippen LogP contribution in [0.25, 0.3) is 22.2 Å². The van der Waals surface area contributed by atoms with Crippen LogP contribution in [0.3, 0.4) is 0 Å². The lowest BCUT2D eigenvalue weighted by Crippen LogP contribution is -2.01. The standard InChI is InChI=1S/C19H13BrN4/c20-14-9-10-16-15(12-14)18(13-6-2-1-3-7-13)24-19(22-16)23-17-8-4-5-11-21-17/h1-12H,(H,21,22,23,24). The van der Waals surface area contributed by atoms with E-state index < -0.39 is 0 Å². The molecule has 0 spiro atoms. The fourth-order valence-corrected chi connectivity index (χ4v) is 2.88. The van der Waals surface area contributed by atoms with Gasteiger partial charge in [-0.1, -0.05) is 52.3 Å². The maximum absolute atomic E-state index is 4.72. The Kier molecular flexibility index (Phi) is 3.92. The predicted octanol–water partition coefficient (Wildman–Crippen LogP) is 5.20. The lowest BCUT2D eigenvalue weighted by Gasteiger charge is -2.10. The first-order valence-electron chi connectivity index (χ1n) is 7.50. The van der Waals surface area contributed by atoms with Crippen LogP contribution in [0.15, 0.2) is 77.4 Å². The highest BCUT2D eigenvalue weighted by molar-refractivity contribution is 9.10. The molecule has 4 aromatic rings. The molecule has 116 valence electrons. The molecule has 4 nitrogen and oxygen atoms in total. The van der Waals surface area contributed by atoms with E-state index in [2.05, 4.69) is 31.2 Å². The van der Waals surface area contributed by atoms with Crippen molar-refractivity contribution >= 4 is 38.6 Å². The van der Waals surface area contributed by atoms with Gasteiger partial charge in [0.15, 0.2) is 0 Å². The SMILES string of the molecule is Brc1ccc2nc(Nc3ccccn3)nc(-c3ccccc3)c2c1. The maximum atomic E-state index is 4.72. The Morgan fingerprint density at radius 2 is 1.67 bits per heavy atom. The van der Waals surface area contributed by atoms with E-state index in [1.807, 2.05) is 66.7 Å². The summed E-state index contributed by atoms with van der Waals surface area (Å²) in [7, 11) is 0. The molecule has 0 unspecified atom stereocenters. The maximum Gasteiger partial charge on any atom is 0.229 e. The summed E-state index contributed by atoms with van der Waals surface area (Å²) in [5, 5.41) is 4.18. The summed E-state index contributed by atoms with van der Waals surface area (Å²) in [6.07, 6.45) is 1.73. The van der Waals surface area contributed by atoms with E-state index in [0.29, 0.717) is 11.8 Å². The van der Waals surface area contributed by atoms with Gasteiger partial charge in [0.2, 0.25) is 5.95 Å². The molecule has 0 atom stereocenters. The van der Waals surface area contributed by atoms with Gasteiger partial charge >= 0.3 is 0 Å². The molecule has 0 saturated heterocycles. The van der Waals surface area contributed by atoms with Crippen LogP contribution in [0.2, 0.25) is 0 Å². The molecule has 5 heteroatoms. The summed E-state index contributed by atoms with van der Waals surface area (Å²) in [4.78, 5) is 13.6. The van der Waals surface area contributed by atoms with Crippen molar-refractivity contribution in [1.29, 1.82) is 0 Å². The number of halogens is 1. The van der Waals surface area contributed by atoms with E-state index in [1.165, 1.54) is 0 Å². The molecule has 0 bridgehead atoms. The molecular formula is C19H13BrN4. The van der Waals surface area contributed by atoms with Crippen molar-refractivity contribution < 1.29 is 0 Å². The van der Waals surface area contributed by atoms with Gasteiger partial charge in [0, 0.05) is 21.6 Å². The third-order valence-electron chi connectivity index (χ3n) is 3.61. The molecule has 0 radical (unpaired) electrons. The van der Waals surface area contributed by atoms with Crippen LogP contribution in [0.5, 0.6) is 0 Å². The van der Waals surface area contributed by atoms with Crippen LogP contribution < -0.4 is 5.32 Å². The zero-order chi connectivity index (χ0) is 16.4. The van der Waals surface area contributed by atoms with Gasteiger partial charge in [-0.3, -0.25) is 0 Å². The fraction of sp³-hybridized carbons (Fsp3) is 0. The van der Waals surface area contributed by atoms with Crippen molar-refractivity contribution in [3.63, 3.8) is 0 Å². The van der Waals surface area contributed by atoms with Gasteiger partial charge in [0.1, 0.15) is 5.82 Å². The molecule has 0 fully saturated rings. The van der Waals surface area contributed by atoms with Gasteiger partial charge in [-0.2, -0.15) is 0 Å². The normalized spacial score (nSPS) is 10.7. The quantitative estimate of drug-likeness (QED) is 0.533. The van der Waals surface area contributed by atoms with Crippen LogP contribution in [-0.4, -0.2) is 15.0 Å². The number of benzene rings is 2. The minimum Gasteiger partial charge on any atom is -0.309 e. The number of fused-ring (bicyclic) bond motifs is 1. The van der Waals surface area contributed by atoms with Gasteiger partial charge in [-0.15, -0.1) is 0 Å². The Hall–Kier alpha value is -2.79. The first-order valence-corrected chi connectivity index (χ1v) is 8.30. The number of hydrogen-bond donors (Lipinski definition) is 1. The monoisotopic (exact) mass is 376 g/mol. The predicted molar refractivity (Wildman–Crippen MR) is 100 cm³/mol. The first-order chi connectivity index (χ1) is 11.8. The molecule has 0 saturated carbocycles. The average Bonchev–Trinajstić information content (AvgIpc) is 2.63. The number of aromatic nitrogens is 3. The smallest absolute Gasteiger partial charge is 0.229 e. The molecule has 24 heavy (non-hydrogen) atoms. The van der Waals surface area contributed by atoms with Crippen molar-refractivity contribution in [1.82, 2.24) is 15.0 Å². The van der Waals surface area contributed by atoms with Gasteiger partial charge in [0.25, 0.3) is 0 Å². The van der Waals surface area contributed by atoms with Crippen molar-refractivity contribution in [3.8, 4) is 11.3 Å². The van der Waals surface area contributed by atoms with E-state index in [0.717, 1.165) is 26.6 Å². The zero-order valence-electron chi connectivity index (χ0n) is 12.6. The number of nitrogens with one attached hydrogen (secondary N) is 1. The Morgan fingerprint density at radius 3 is 2.46 bits per heavy atom. The number of rotatable bonds is 3. The second-order valence-corrected chi connectivity index (χ2v) is 6.18. The molecule has 4 rings (SSSR count). The lowest BCUT2D eigenvalue weighted by molar-refractivity contribution is 1.19.